The summed E-state index contributed by atoms with van der Waals surface area (Å²) < 4.78 is 0. The Morgan fingerprint density at radius 3 is 2.90 bits per heavy atom. The van der Waals surface area contributed by atoms with Crippen molar-refractivity contribution in [2.24, 2.45) is 0 Å². The highest BCUT2D eigenvalue weighted by atomic mass is 31.1. The van der Waals surface area contributed by atoms with Crippen LogP contribution < -0.4 is 0 Å². The molecule has 1 saturated heterocycles. The van der Waals surface area contributed by atoms with Crippen molar-refractivity contribution < 1.29 is 0 Å². The summed E-state index contributed by atoms with van der Waals surface area (Å²) in [6.07, 6.45) is 11.1. The van der Waals surface area contributed by atoms with Gasteiger partial charge in [0.05, 0.1) is 0 Å². The monoisotopic (exact) mass is 152 g/mol. The molecule has 2 rings (SSSR count). The van der Waals surface area contributed by atoms with E-state index in [4.69, 9.17) is 0 Å². The zero-order valence-corrected chi connectivity index (χ0v) is 7.27. The van der Waals surface area contributed by atoms with Gasteiger partial charge in [-0.25, -0.2) is 0 Å². The summed E-state index contributed by atoms with van der Waals surface area (Å²) in [5.74, 6) is 0. The lowest BCUT2D eigenvalue weighted by atomic mass is 10.3. The first-order valence-electron chi connectivity index (χ1n) is 4.00. The fourth-order valence-electron chi connectivity index (χ4n) is 1.59. The average Bonchev–Trinajstić information content (AvgIpc) is 2.37. The zero-order chi connectivity index (χ0) is 6.97. The van der Waals surface area contributed by atoms with Gasteiger partial charge in [-0.2, -0.15) is 0 Å². The molecule has 0 aromatic heterocycles. The van der Waals surface area contributed by atoms with Crippen LogP contribution in [0.25, 0.3) is 0 Å². The molecule has 0 spiro atoms. The Kier molecular flexibility index (Phi) is 1.66. The Bertz CT molecular complexity index is 191. The lowest BCUT2D eigenvalue weighted by Gasteiger charge is -2.35. The second-order valence-corrected chi connectivity index (χ2v) is 5.96. The minimum absolute atomic E-state index is 0.338. The predicted molar refractivity (Wildman–Crippen MR) is 47.7 cm³/mol. The maximum absolute atomic E-state index is 2.40. The third-order valence-corrected chi connectivity index (χ3v) is 5.57. The van der Waals surface area contributed by atoms with Gasteiger partial charge in [-0.15, -0.1) is 0 Å². The Labute approximate surface area is 63.8 Å². The maximum Gasteiger partial charge on any atom is -0.00898 e. The molecule has 0 N–H and O–H groups in total. The molecule has 54 valence electrons. The van der Waals surface area contributed by atoms with Gasteiger partial charge in [0, 0.05) is 0 Å². The largest absolute Gasteiger partial charge is 0.0801 e. The molecule has 1 aliphatic carbocycles. The Hall–Kier alpha value is -0.0900. The van der Waals surface area contributed by atoms with Crippen molar-refractivity contribution in [2.45, 2.75) is 25.4 Å². The standard InChI is InChI=1S/C9H13P/c1-8-6-7-10(8)9-4-2-3-5-9/h2-4,8H,5-7H2,1H3/t8-,10?/m1/s1. The van der Waals surface area contributed by atoms with Crippen LogP contribution in [0.3, 0.4) is 0 Å². The van der Waals surface area contributed by atoms with E-state index >= 15 is 0 Å². The summed E-state index contributed by atoms with van der Waals surface area (Å²) in [5.41, 5.74) is 1.03. The fraction of sp³-hybridized carbons (Fsp3) is 0.556. The third-order valence-electron chi connectivity index (χ3n) is 2.44. The van der Waals surface area contributed by atoms with Gasteiger partial charge < -0.3 is 0 Å². The first kappa shape index (κ1) is 6.61. The van der Waals surface area contributed by atoms with Gasteiger partial charge in [-0.3, -0.25) is 0 Å². The molecule has 0 aromatic carbocycles. The van der Waals surface area contributed by atoms with E-state index in [1.165, 1.54) is 19.0 Å². The minimum Gasteiger partial charge on any atom is -0.0801 e. The van der Waals surface area contributed by atoms with E-state index in [9.17, 15) is 0 Å². The third kappa shape index (κ3) is 0.953. The van der Waals surface area contributed by atoms with Crippen LogP contribution >= 0.6 is 7.92 Å². The van der Waals surface area contributed by atoms with Crippen LogP contribution in [0.1, 0.15) is 19.8 Å². The molecule has 1 heterocycles. The molecule has 1 unspecified atom stereocenters. The molecular weight excluding hydrogens is 139 g/mol. The Morgan fingerprint density at radius 1 is 1.60 bits per heavy atom. The zero-order valence-electron chi connectivity index (χ0n) is 6.38. The number of hydrogen-bond acceptors (Lipinski definition) is 0. The van der Waals surface area contributed by atoms with Gasteiger partial charge in [-0.1, -0.05) is 33.1 Å². The van der Waals surface area contributed by atoms with Crippen molar-refractivity contribution in [3.05, 3.63) is 23.5 Å². The van der Waals surface area contributed by atoms with E-state index in [0.29, 0.717) is 7.92 Å². The second-order valence-electron chi connectivity index (χ2n) is 3.12. The summed E-state index contributed by atoms with van der Waals surface area (Å²) in [4.78, 5) is 0. The maximum atomic E-state index is 2.40. The van der Waals surface area contributed by atoms with Crippen molar-refractivity contribution in [2.75, 3.05) is 6.16 Å². The summed E-state index contributed by atoms with van der Waals surface area (Å²) in [6.45, 7) is 2.40. The van der Waals surface area contributed by atoms with Crippen LogP contribution in [0.5, 0.6) is 0 Å². The van der Waals surface area contributed by atoms with Crippen molar-refractivity contribution in [1.82, 2.24) is 0 Å². The number of rotatable bonds is 1. The van der Waals surface area contributed by atoms with Crippen LogP contribution in [0.15, 0.2) is 23.5 Å². The van der Waals surface area contributed by atoms with Gasteiger partial charge in [-0.05, 0) is 30.0 Å². The van der Waals surface area contributed by atoms with Crippen LogP contribution in [-0.4, -0.2) is 11.8 Å². The Balaban J connectivity index is 2.00. The van der Waals surface area contributed by atoms with E-state index < -0.39 is 0 Å². The lowest BCUT2D eigenvalue weighted by molar-refractivity contribution is 0.829. The molecule has 0 radical (unpaired) electrons. The summed E-state index contributed by atoms with van der Waals surface area (Å²) >= 11 is 0. The molecule has 0 aromatic rings. The van der Waals surface area contributed by atoms with E-state index in [2.05, 4.69) is 25.2 Å². The smallest absolute Gasteiger partial charge is 0.00898 e. The van der Waals surface area contributed by atoms with Crippen molar-refractivity contribution in [3.63, 3.8) is 0 Å². The number of allylic oxidation sites excluding steroid dienone is 4. The predicted octanol–water partition coefficient (Wildman–Crippen LogP) is 3.10. The van der Waals surface area contributed by atoms with E-state index in [-0.39, 0.29) is 0 Å². The molecule has 2 atom stereocenters. The van der Waals surface area contributed by atoms with Crippen LogP contribution in [-0.2, 0) is 0 Å². The lowest BCUT2D eigenvalue weighted by Crippen LogP contribution is -2.16. The molecule has 0 nitrogen and oxygen atoms in total. The first-order chi connectivity index (χ1) is 4.88. The topological polar surface area (TPSA) is 0 Å². The highest BCUT2D eigenvalue weighted by Crippen LogP contribution is 2.60. The molecule has 1 fully saturated rings. The highest BCUT2D eigenvalue weighted by Gasteiger charge is 2.28. The molecule has 2 aliphatic rings. The quantitative estimate of drug-likeness (QED) is 0.506. The van der Waals surface area contributed by atoms with Gasteiger partial charge in [0.25, 0.3) is 0 Å². The molecule has 0 bridgehead atoms. The molecule has 0 saturated carbocycles. The first-order valence-corrected chi connectivity index (χ1v) is 5.60. The van der Waals surface area contributed by atoms with Crippen molar-refractivity contribution in [3.8, 4) is 0 Å². The molecule has 1 aliphatic heterocycles. The minimum atomic E-state index is 0.338. The van der Waals surface area contributed by atoms with E-state index in [0.717, 1.165) is 5.66 Å². The normalized spacial score (nSPS) is 37.5. The highest BCUT2D eigenvalue weighted by molar-refractivity contribution is 7.64. The van der Waals surface area contributed by atoms with Gasteiger partial charge in [0.1, 0.15) is 0 Å². The number of hydrogen-bond donors (Lipinski definition) is 0. The van der Waals surface area contributed by atoms with Crippen molar-refractivity contribution in [1.29, 1.82) is 0 Å². The van der Waals surface area contributed by atoms with Gasteiger partial charge >= 0.3 is 0 Å². The molecule has 0 amide bonds. The fourth-order valence-corrected chi connectivity index (χ4v) is 4.10. The van der Waals surface area contributed by atoms with Crippen LogP contribution in [0, 0.1) is 0 Å². The molecule has 10 heavy (non-hydrogen) atoms. The average molecular weight is 152 g/mol. The van der Waals surface area contributed by atoms with E-state index in [1.807, 2.05) is 0 Å². The SMILES string of the molecule is C[C@@H]1CCP1C1=CC=CC1. The molecular formula is C9H13P. The van der Waals surface area contributed by atoms with Crippen LogP contribution in [0.2, 0.25) is 0 Å². The molecule has 1 heteroatoms. The van der Waals surface area contributed by atoms with Gasteiger partial charge in [0.15, 0.2) is 0 Å². The van der Waals surface area contributed by atoms with E-state index in [1.54, 1.807) is 5.31 Å². The Morgan fingerprint density at radius 2 is 2.50 bits per heavy atom. The van der Waals surface area contributed by atoms with Crippen LogP contribution in [0.4, 0.5) is 0 Å². The summed E-state index contributed by atoms with van der Waals surface area (Å²) in [6, 6.07) is 0. The van der Waals surface area contributed by atoms with Crippen molar-refractivity contribution >= 4 is 7.92 Å². The summed E-state index contributed by atoms with van der Waals surface area (Å²) in [7, 11) is 0.338. The second kappa shape index (κ2) is 2.51. The van der Waals surface area contributed by atoms with Gasteiger partial charge in [0.2, 0.25) is 0 Å². The summed E-state index contributed by atoms with van der Waals surface area (Å²) in [5, 5.41) is 1.74.